The van der Waals surface area contributed by atoms with Gasteiger partial charge in [0, 0.05) is 12.6 Å². The maximum absolute atomic E-state index is 11.6. The maximum Gasteiger partial charge on any atom is 0.151 e. The van der Waals surface area contributed by atoms with Crippen LogP contribution in [-0.4, -0.2) is 37.4 Å². The van der Waals surface area contributed by atoms with E-state index in [2.05, 4.69) is 36.9 Å². The second kappa shape index (κ2) is 6.06. The van der Waals surface area contributed by atoms with Gasteiger partial charge in [-0.1, -0.05) is 31.2 Å². The van der Waals surface area contributed by atoms with Crippen molar-refractivity contribution in [3.05, 3.63) is 35.4 Å². The number of nitrogens with zero attached hydrogens (tertiary/aromatic N) is 1. The molecule has 1 aromatic rings. The Balaban J connectivity index is 2.11. The monoisotopic (exact) mass is 281 g/mol. The van der Waals surface area contributed by atoms with Crippen molar-refractivity contribution < 1.29 is 8.42 Å². The predicted octanol–water partition coefficient (Wildman–Crippen LogP) is 2.39. The average molecular weight is 281 g/mol. The summed E-state index contributed by atoms with van der Waals surface area (Å²) in [7, 11) is -2.80. The second-order valence-electron chi connectivity index (χ2n) is 5.45. The molecule has 0 saturated carbocycles. The van der Waals surface area contributed by atoms with Crippen LogP contribution in [0.15, 0.2) is 24.3 Å². The first-order valence-electron chi connectivity index (χ1n) is 7.01. The van der Waals surface area contributed by atoms with Crippen molar-refractivity contribution in [2.75, 3.05) is 18.1 Å². The first kappa shape index (κ1) is 14.5. The molecule has 1 aliphatic rings. The van der Waals surface area contributed by atoms with Crippen LogP contribution in [0.2, 0.25) is 0 Å². The zero-order valence-corrected chi connectivity index (χ0v) is 12.6. The lowest BCUT2D eigenvalue weighted by atomic mass is 10.1. The van der Waals surface area contributed by atoms with Crippen LogP contribution >= 0.6 is 0 Å². The van der Waals surface area contributed by atoms with Crippen molar-refractivity contribution in [3.8, 4) is 0 Å². The smallest absolute Gasteiger partial charge is 0.151 e. The van der Waals surface area contributed by atoms with E-state index in [0.717, 1.165) is 25.9 Å². The predicted molar refractivity (Wildman–Crippen MR) is 78.9 cm³/mol. The SMILES string of the molecule is CCCN(Cc1ccccc1C)[C@H]1CCS(=O)(=O)C1. The Labute approximate surface area is 116 Å². The Morgan fingerprint density at radius 3 is 2.63 bits per heavy atom. The van der Waals surface area contributed by atoms with Gasteiger partial charge in [-0.3, -0.25) is 4.90 Å². The fourth-order valence-corrected chi connectivity index (χ4v) is 4.51. The Bertz CT molecular complexity index is 525. The third kappa shape index (κ3) is 3.80. The van der Waals surface area contributed by atoms with Gasteiger partial charge in [-0.2, -0.15) is 0 Å². The fraction of sp³-hybridized carbons (Fsp3) is 0.600. The number of sulfone groups is 1. The van der Waals surface area contributed by atoms with Crippen LogP contribution in [0, 0.1) is 6.92 Å². The maximum atomic E-state index is 11.6. The van der Waals surface area contributed by atoms with E-state index < -0.39 is 9.84 Å². The van der Waals surface area contributed by atoms with Crippen LogP contribution < -0.4 is 0 Å². The van der Waals surface area contributed by atoms with E-state index in [1.807, 2.05) is 6.07 Å². The summed E-state index contributed by atoms with van der Waals surface area (Å²) in [5, 5.41) is 0. The van der Waals surface area contributed by atoms with Crippen LogP contribution in [0.5, 0.6) is 0 Å². The molecule has 0 spiro atoms. The summed E-state index contributed by atoms with van der Waals surface area (Å²) in [6, 6.07) is 8.55. The van der Waals surface area contributed by atoms with E-state index >= 15 is 0 Å². The van der Waals surface area contributed by atoms with E-state index in [1.165, 1.54) is 11.1 Å². The Morgan fingerprint density at radius 2 is 2.05 bits per heavy atom. The lowest BCUT2D eigenvalue weighted by Gasteiger charge is -2.28. The van der Waals surface area contributed by atoms with Crippen LogP contribution in [0.4, 0.5) is 0 Å². The van der Waals surface area contributed by atoms with Crippen LogP contribution in [-0.2, 0) is 16.4 Å². The van der Waals surface area contributed by atoms with E-state index in [4.69, 9.17) is 0 Å². The van der Waals surface area contributed by atoms with Gasteiger partial charge < -0.3 is 0 Å². The van der Waals surface area contributed by atoms with Crippen molar-refractivity contribution in [2.45, 2.75) is 39.3 Å². The van der Waals surface area contributed by atoms with Crippen LogP contribution in [0.3, 0.4) is 0 Å². The summed E-state index contributed by atoms with van der Waals surface area (Å²) in [5.74, 6) is 0.685. The zero-order chi connectivity index (χ0) is 13.9. The molecule has 0 amide bonds. The highest BCUT2D eigenvalue weighted by Gasteiger charge is 2.31. The minimum Gasteiger partial charge on any atom is -0.295 e. The largest absolute Gasteiger partial charge is 0.295 e. The molecule has 1 aliphatic heterocycles. The molecule has 1 atom stereocenters. The quantitative estimate of drug-likeness (QED) is 0.831. The molecule has 0 aromatic heterocycles. The molecule has 0 radical (unpaired) electrons. The van der Waals surface area contributed by atoms with Gasteiger partial charge in [0.15, 0.2) is 9.84 Å². The topological polar surface area (TPSA) is 37.4 Å². The number of hydrogen-bond donors (Lipinski definition) is 0. The van der Waals surface area contributed by atoms with Crippen LogP contribution in [0.25, 0.3) is 0 Å². The van der Waals surface area contributed by atoms with E-state index in [-0.39, 0.29) is 6.04 Å². The molecule has 4 heteroatoms. The molecule has 0 N–H and O–H groups in total. The minimum absolute atomic E-state index is 0.199. The van der Waals surface area contributed by atoms with Gasteiger partial charge in [0.2, 0.25) is 0 Å². The highest BCUT2D eigenvalue weighted by atomic mass is 32.2. The van der Waals surface area contributed by atoms with Crippen LogP contribution in [0.1, 0.15) is 30.9 Å². The van der Waals surface area contributed by atoms with Gasteiger partial charge in [0.1, 0.15) is 0 Å². The van der Waals surface area contributed by atoms with Gasteiger partial charge in [-0.05, 0) is 37.4 Å². The molecular weight excluding hydrogens is 258 g/mol. The lowest BCUT2D eigenvalue weighted by Crippen LogP contribution is -2.36. The van der Waals surface area contributed by atoms with Gasteiger partial charge in [0.25, 0.3) is 0 Å². The molecule has 3 nitrogen and oxygen atoms in total. The second-order valence-corrected chi connectivity index (χ2v) is 7.68. The lowest BCUT2D eigenvalue weighted by molar-refractivity contribution is 0.203. The van der Waals surface area contributed by atoms with E-state index in [0.29, 0.717) is 11.5 Å². The van der Waals surface area contributed by atoms with Crippen molar-refractivity contribution in [2.24, 2.45) is 0 Å². The standard InChI is InChI=1S/C15H23NO2S/c1-3-9-16(15-8-10-19(17,18)12-15)11-14-7-5-4-6-13(14)2/h4-7,15H,3,8-12H2,1-2H3/t15-/m0/s1. The number of benzene rings is 1. The summed E-state index contributed by atoms with van der Waals surface area (Å²) < 4.78 is 23.3. The van der Waals surface area contributed by atoms with Gasteiger partial charge in [-0.25, -0.2) is 8.42 Å². The fourth-order valence-electron chi connectivity index (χ4n) is 2.75. The molecule has 0 unspecified atom stereocenters. The molecular formula is C15H23NO2S. The normalized spacial score (nSPS) is 21.9. The molecule has 106 valence electrons. The zero-order valence-electron chi connectivity index (χ0n) is 11.8. The van der Waals surface area contributed by atoms with E-state index in [1.54, 1.807) is 0 Å². The molecule has 0 aliphatic carbocycles. The molecule has 19 heavy (non-hydrogen) atoms. The Morgan fingerprint density at radius 1 is 1.32 bits per heavy atom. The summed E-state index contributed by atoms with van der Waals surface area (Å²) in [5.41, 5.74) is 2.59. The Hall–Kier alpha value is -0.870. The average Bonchev–Trinajstić information content (AvgIpc) is 2.72. The highest BCUT2D eigenvalue weighted by molar-refractivity contribution is 7.91. The molecule has 2 rings (SSSR count). The van der Waals surface area contributed by atoms with Crippen molar-refractivity contribution >= 4 is 9.84 Å². The molecule has 1 aromatic carbocycles. The van der Waals surface area contributed by atoms with Crippen molar-refractivity contribution in [3.63, 3.8) is 0 Å². The molecule has 1 heterocycles. The first-order valence-corrected chi connectivity index (χ1v) is 8.83. The first-order chi connectivity index (χ1) is 9.02. The molecule has 0 bridgehead atoms. The van der Waals surface area contributed by atoms with Gasteiger partial charge in [0.05, 0.1) is 11.5 Å². The third-order valence-corrected chi connectivity index (χ3v) is 5.62. The van der Waals surface area contributed by atoms with E-state index in [9.17, 15) is 8.42 Å². The summed E-state index contributed by atoms with van der Waals surface area (Å²) in [6.45, 7) is 6.09. The van der Waals surface area contributed by atoms with Gasteiger partial charge >= 0.3 is 0 Å². The third-order valence-electron chi connectivity index (χ3n) is 3.87. The van der Waals surface area contributed by atoms with Crippen molar-refractivity contribution in [1.29, 1.82) is 0 Å². The molecule has 1 saturated heterocycles. The Kier molecular flexibility index (Phi) is 4.63. The number of hydrogen-bond acceptors (Lipinski definition) is 3. The number of rotatable bonds is 5. The minimum atomic E-state index is -2.80. The molecule has 1 fully saturated rings. The highest BCUT2D eigenvalue weighted by Crippen LogP contribution is 2.21. The van der Waals surface area contributed by atoms with Gasteiger partial charge in [-0.15, -0.1) is 0 Å². The van der Waals surface area contributed by atoms with Crippen molar-refractivity contribution in [1.82, 2.24) is 4.90 Å². The summed E-state index contributed by atoms with van der Waals surface area (Å²) in [4.78, 5) is 2.34. The summed E-state index contributed by atoms with van der Waals surface area (Å²) >= 11 is 0. The summed E-state index contributed by atoms with van der Waals surface area (Å²) in [6.07, 6.45) is 1.84. The number of aryl methyl sites for hydroxylation is 1.